The molecule has 1 rings (SSSR count). The number of rotatable bonds is 3. The first-order valence-electron chi connectivity index (χ1n) is 5.58. The van der Waals surface area contributed by atoms with E-state index in [1.165, 1.54) is 25.3 Å². The van der Waals surface area contributed by atoms with E-state index in [4.69, 9.17) is 0 Å². The Hall–Kier alpha value is 0.270. The van der Waals surface area contributed by atoms with Crippen LogP contribution >= 0.6 is 11.8 Å². The summed E-state index contributed by atoms with van der Waals surface area (Å²) >= 11 is 2.12. The van der Waals surface area contributed by atoms with Gasteiger partial charge in [-0.15, -0.1) is 0 Å². The topological polar surface area (TPSA) is 15.3 Å². The van der Waals surface area contributed by atoms with Crippen LogP contribution in [0.5, 0.6) is 0 Å². The molecule has 0 aromatic carbocycles. The Kier molecular flexibility index (Phi) is 4.74. The maximum Gasteiger partial charge on any atom is 0.0192 e. The molecule has 3 heteroatoms. The zero-order valence-electron chi connectivity index (χ0n) is 9.97. The van der Waals surface area contributed by atoms with Crippen molar-refractivity contribution < 1.29 is 0 Å². The molecule has 0 aromatic heterocycles. The van der Waals surface area contributed by atoms with Gasteiger partial charge in [0.25, 0.3) is 0 Å². The third-order valence-electron chi connectivity index (χ3n) is 3.00. The molecular weight excluding hydrogens is 192 g/mol. The van der Waals surface area contributed by atoms with Gasteiger partial charge in [0.2, 0.25) is 0 Å². The van der Waals surface area contributed by atoms with Crippen molar-refractivity contribution in [3.63, 3.8) is 0 Å². The van der Waals surface area contributed by atoms with Gasteiger partial charge in [-0.1, -0.05) is 13.8 Å². The number of likely N-dealkylation sites (N-methyl/N-ethyl adjacent to an activating group) is 1. The number of thioether (sulfide) groups is 1. The summed E-state index contributed by atoms with van der Waals surface area (Å²) in [6, 6.07) is 0.675. The zero-order chi connectivity index (χ0) is 10.6. The summed E-state index contributed by atoms with van der Waals surface area (Å²) in [5.41, 5.74) is 0. The van der Waals surface area contributed by atoms with Crippen LogP contribution in [0, 0.1) is 0 Å². The van der Waals surface area contributed by atoms with Crippen LogP contribution in [-0.4, -0.2) is 48.1 Å². The fourth-order valence-electron chi connectivity index (χ4n) is 1.90. The average molecular weight is 216 g/mol. The van der Waals surface area contributed by atoms with Gasteiger partial charge >= 0.3 is 0 Å². The Balaban J connectivity index is 2.41. The fourth-order valence-corrected chi connectivity index (χ4v) is 3.02. The lowest BCUT2D eigenvalue weighted by Gasteiger charge is -2.27. The standard InChI is InChI=1S/C11H24N2S/c1-10(9-12-4)13-6-5-11(2,3)14-8-7-13/h10,12H,5-9H2,1-4H3. The molecule has 0 aliphatic carbocycles. The van der Waals surface area contributed by atoms with E-state index in [2.05, 4.69) is 42.7 Å². The summed E-state index contributed by atoms with van der Waals surface area (Å²) < 4.78 is 0.480. The Morgan fingerprint density at radius 2 is 2.14 bits per heavy atom. The lowest BCUT2D eigenvalue weighted by molar-refractivity contribution is 0.216. The second-order valence-corrected chi connectivity index (χ2v) is 6.60. The smallest absolute Gasteiger partial charge is 0.0192 e. The second-order valence-electron chi connectivity index (χ2n) is 4.80. The van der Waals surface area contributed by atoms with E-state index in [-0.39, 0.29) is 0 Å². The molecule has 1 N–H and O–H groups in total. The van der Waals surface area contributed by atoms with E-state index in [1.54, 1.807) is 0 Å². The van der Waals surface area contributed by atoms with E-state index in [0.717, 1.165) is 6.54 Å². The van der Waals surface area contributed by atoms with Gasteiger partial charge in [-0.2, -0.15) is 11.8 Å². The van der Waals surface area contributed by atoms with Crippen molar-refractivity contribution >= 4 is 11.8 Å². The monoisotopic (exact) mass is 216 g/mol. The van der Waals surface area contributed by atoms with E-state index in [0.29, 0.717) is 10.8 Å². The van der Waals surface area contributed by atoms with Crippen LogP contribution in [0.3, 0.4) is 0 Å². The second kappa shape index (κ2) is 5.38. The first kappa shape index (κ1) is 12.3. The Labute approximate surface area is 92.8 Å². The van der Waals surface area contributed by atoms with Gasteiger partial charge in [0.1, 0.15) is 0 Å². The molecule has 0 spiro atoms. The summed E-state index contributed by atoms with van der Waals surface area (Å²) in [6.45, 7) is 10.7. The van der Waals surface area contributed by atoms with E-state index in [9.17, 15) is 0 Å². The van der Waals surface area contributed by atoms with E-state index >= 15 is 0 Å². The predicted molar refractivity (Wildman–Crippen MR) is 66.1 cm³/mol. The molecule has 0 amide bonds. The number of hydrogen-bond acceptors (Lipinski definition) is 3. The molecule has 0 bridgehead atoms. The van der Waals surface area contributed by atoms with Crippen molar-refractivity contribution in [3.05, 3.63) is 0 Å². The summed E-state index contributed by atoms with van der Waals surface area (Å²) in [7, 11) is 2.03. The fraction of sp³-hybridized carbons (Fsp3) is 1.00. The van der Waals surface area contributed by atoms with E-state index in [1.807, 2.05) is 7.05 Å². The highest BCUT2D eigenvalue weighted by molar-refractivity contribution is 8.00. The van der Waals surface area contributed by atoms with Crippen molar-refractivity contribution in [2.24, 2.45) is 0 Å². The van der Waals surface area contributed by atoms with Crippen LogP contribution in [0.4, 0.5) is 0 Å². The third kappa shape index (κ3) is 3.79. The molecule has 1 atom stereocenters. The first-order valence-corrected chi connectivity index (χ1v) is 6.56. The van der Waals surface area contributed by atoms with Crippen LogP contribution in [0.1, 0.15) is 27.2 Å². The van der Waals surface area contributed by atoms with Crippen molar-refractivity contribution in [2.75, 3.05) is 32.4 Å². The molecular formula is C11H24N2S. The van der Waals surface area contributed by atoms with Crippen LogP contribution in [0.2, 0.25) is 0 Å². The van der Waals surface area contributed by atoms with Crippen LogP contribution in [0.25, 0.3) is 0 Å². The molecule has 1 unspecified atom stereocenters. The Bertz CT molecular complexity index is 171. The zero-order valence-corrected chi connectivity index (χ0v) is 10.8. The molecule has 1 heterocycles. The molecule has 1 saturated heterocycles. The lowest BCUT2D eigenvalue weighted by atomic mass is 10.1. The van der Waals surface area contributed by atoms with Gasteiger partial charge in [-0.05, 0) is 26.9 Å². The summed E-state index contributed by atoms with van der Waals surface area (Å²) in [6.07, 6.45) is 1.31. The van der Waals surface area contributed by atoms with Gasteiger partial charge in [-0.25, -0.2) is 0 Å². The molecule has 0 radical (unpaired) electrons. The lowest BCUT2D eigenvalue weighted by Crippen LogP contribution is -2.41. The van der Waals surface area contributed by atoms with Crippen LogP contribution in [0.15, 0.2) is 0 Å². The first-order chi connectivity index (χ1) is 6.55. The van der Waals surface area contributed by atoms with Crippen molar-refractivity contribution in [3.8, 4) is 0 Å². The molecule has 0 aromatic rings. The Morgan fingerprint density at radius 1 is 1.43 bits per heavy atom. The minimum Gasteiger partial charge on any atom is -0.318 e. The maximum absolute atomic E-state index is 3.26. The molecule has 0 saturated carbocycles. The van der Waals surface area contributed by atoms with Gasteiger partial charge < -0.3 is 5.32 Å². The molecule has 1 aliphatic rings. The van der Waals surface area contributed by atoms with Crippen LogP contribution < -0.4 is 5.32 Å². The summed E-state index contributed by atoms with van der Waals surface area (Å²) in [5.74, 6) is 1.28. The van der Waals surface area contributed by atoms with Gasteiger partial charge in [0.15, 0.2) is 0 Å². The maximum atomic E-state index is 3.26. The van der Waals surface area contributed by atoms with Gasteiger partial charge in [-0.3, -0.25) is 4.90 Å². The molecule has 84 valence electrons. The van der Waals surface area contributed by atoms with Crippen molar-refractivity contribution in [2.45, 2.75) is 38.0 Å². The quantitative estimate of drug-likeness (QED) is 0.774. The van der Waals surface area contributed by atoms with Crippen molar-refractivity contribution in [1.82, 2.24) is 10.2 Å². The number of hydrogen-bond donors (Lipinski definition) is 1. The van der Waals surface area contributed by atoms with Crippen molar-refractivity contribution in [1.29, 1.82) is 0 Å². The summed E-state index contributed by atoms with van der Waals surface area (Å²) in [5, 5.41) is 3.26. The number of nitrogens with one attached hydrogen (secondary N) is 1. The predicted octanol–water partition coefficient (Wildman–Crippen LogP) is 1.81. The van der Waals surface area contributed by atoms with Gasteiger partial charge in [0, 0.05) is 29.6 Å². The minimum atomic E-state index is 0.480. The largest absolute Gasteiger partial charge is 0.318 e. The average Bonchev–Trinajstić information content (AvgIpc) is 2.27. The highest BCUT2D eigenvalue weighted by atomic mass is 32.2. The SMILES string of the molecule is CNCC(C)N1CCSC(C)(C)CC1. The Morgan fingerprint density at radius 3 is 2.79 bits per heavy atom. The third-order valence-corrected chi connectivity index (χ3v) is 4.37. The summed E-state index contributed by atoms with van der Waals surface area (Å²) in [4.78, 5) is 2.61. The van der Waals surface area contributed by atoms with E-state index < -0.39 is 0 Å². The molecule has 2 nitrogen and oxygen atoms in total. The molecule has 14 heavy (non-hydrogen) atoms. The van der Waals surface area contributed by atoms with Gasteiger partial charge in [0.05, 0.1) is 0 Å². The highest BCUT2D eigenvalue weighted by Gasteiger charge is 2.25. The number of nitrogens with zero attached hydrogens (tertiary/aromatic N) is 1. The normalized spacial score (nSPS) is 25.7. The molecule has 1 aliphatic heterocycles. The van der Waals surface area contributed by atoms with Crippen LogP contribution in [-0.2, 0) is 0 Å². The molecule has 1 fully saturated rings. The highest BCUT2D eigenvalue weighted by Crippen LogP contribution is 2.30. The minimum absolute atomic E-state index is 0.480.